The van der Waals surface area contributed by atoms with Crippen LogP contribution in [0.4, 0.5) is 0 Å². The van der Waals surface area contributed by atoms with Crippen LogP contribution in [-0.4, -0.2) is 6.04 Å². The standard InChI is InChI=1S/C14H29N/c1-5-6-12-8-7-11(2)9-10-14(3,4)13(12)15/h11-13H,5-10,15H2,1-4H3/t11?,12?,13-/m0/s1. The normalized spacial score (nSPS) is 37.0. The predicted molar refractivity (Wildman–Crippen MR) is 67.8 cm³/mol. The Morgan fingerprint density at radius 3 is 2.47 bits per heavy atom. The van der Waals surface area contributed by atoms with E-state index in [2.05, 4.69) is 27.7 Å². The highest BCUT2D eigenvalue weighted by molar-refractivity contribution is 4.89. The molecular formula is C14H29N. The Labute approximate surface area is 95.8 Å². The summed E-state index contributed by atoms with van der Waals surface area (Å²) in [6, 6.07) is 0.407. The Kier molecular flexibility index (Phi) is 4.64. The molecule has 1 rings (SSSR count). The molecule has 15 heavy (non-hydrogen) atoms. The summed E-state index contributed by atoms with van der Waals surface area (Å²) in [4.78, 5) is 0. The number of hydrogen-bond donors (Lipinski definition) is 1. The molecule has 0 aromatic rings. The second-order valence-corrected chi connectivity index (χ2v) is 6.28. The quantitative estimate of drug-likeness (QED) is 0.735. The summed E-state index contributed by atoms with van der Waals surface area (Å²) < 4.78 is 0. The Balaban J connectivity index is 2.68. The fourth-order valence-electron chi connectivity index (χ4n) is 2.94. The van der Waals surface area contributed by atoms with Gasteiger partial charge in [0, 0.05) is 6.04 Å². The summed E-state index contributed by atoms with van der Waals surface area (Å²) in [5.41, 5.74) is 6.80. The topological polar surface area (TPSA) is 26.0 Å². The maximum atomic E-state index is 6.46. The van der Waals surface area contributed by atoms with Crippen molar-refractivity contribution in [3.63, 3.8) is 0 Å². The largest absolute Gasteiger partial charge is 0.327 e. The van der Waals surface area contributed by atoms with Crippen LogP contribution in [0.5, 0.6) is 0 Å². The zero-order valence-electron chi connectivity index (χ0n) is 11.1. The average Bonchev–Trinajstić information content (AvgIpc) is 2.19. The molecule has 1 aliphatic carbocycles. The van der Waals surface area contributed by atoms with E-state index < -0.39 is 0 Å². The van der Waals surface area contributed by atoms with Crippen LogP contribution in [0.15, 0.2) is 0 Å². The SMILES string of the molecule is CCCC1CCC(C)CCC(C)(C)[C@H]1N. The molecule has 0 radical (unpaired) electrons. The van der Waals surface area contributed by atoms with Gasteiger partial charge in [-0.2, -0.15) is 0 Å². The van der Waals surface area contributed by atoms with Crippen molar-refractivity contribution >= 4 is 0 Å². The van der Waals surface area contributed by atoms with Crippen molar-refractivity contribution in [3.8, 4) is 0 Å². The molecule has 1 saturated carbocycles. The number of hydrogen-bond acceptors (Lipinski definition) is 1. The molecule has 0 aromatic heterocycles. The molecule has 1 fully saturated rings. The minimum Gasteiger partial charge on any atom is -0.327 e. The van der Waals surface area contributed by atoms with Gasteiger partial charge in [-0.3, -0.25) is 0 Å². The minimum absolute atomic E-state index is 0.342. The molecule has 0 bridgehead atoms. The van der Waals surface area contributed by atoms with Crippen LogP contribution in [-0.2, 0) is 0 Å². The van der Waals surface area contributed by atoms with E-state index in [9.17, 15) is 0 Å². The summed E-state index contributed by atoms with van der Waals surface area (Å²) in [5.74, 6) is 1.66. The lowest BCUT2D eigenvalue weighted by atomic mass is 9.68. The highest BCUT2D eigenvalue weighted by atomic mass is 14.7. The number of rotatable bonds is 2. The number of nitrogens with two attached hydrogens (primary N) is 1. The Hall–Kier alpha value is -0.0400. The van der Waals surface area contributed by atoms with Crippen LogP contribution in [0.1, 0.15) is 66.2 Å². The first kappa shape index (κ1) is 13.0. The van der Waals surface area contributed by atoms with Crippen LogP contribution in [0.3, 0.4) is 0 Å². The molecule has 0 saturated heterocycles. The summed E-state index contributed by atoms with van der Waals surface area (Å²) in [7, 11) is 0. The van der Waals surface area contributed by atoms with Crippen LogP contribution < -0.4 is 5.73 Å². The van der Waals surface area contributed by atoms with Gasteiger partial charge in [0.15, 0.2) is 0 Å². The third-order valence-corrected chi connectivity index (χ3v) is 4.38. The van der Waals surface area contributed by atoms with Gasteiger partial charge < -0.3 is 5.73 Å². The van der Waals surface area contributed by atoms with Crippen LogP contribution in [0.2, 0.25) is 0 Å². The van der Waals surface area contributed by atoms with E-state index >= 15 is 0 Å². The highest BCUT2D eigenvalue weighted by Crippen LogP contribution is 2.38. The molecule has 0 aromatic carbocycles. The lowest BCUT2D eigenvalue weighted by molar-refractivity contribution is 0.143. The summed E-state index contributed by atoms with van der Waals surface area (Å²) >= 11 is 0. The second-order valence-electron chi connectivity index (χ2n) is 6.28. The van der Waals surface area contributed by atoms with E-state index in [4.69, 9.17) is 5.73 Å². The van der Waals surface area contributed by atoms with Crippen molar-refractivity contribution in [3.05, 3.63) is 0 Å². The Morgan fingerprint density at radius 2 is 1.87 bits per heavy atom. The zero-order chi connectivity index (χ0) is 11.5. The van der Waals surface area contributed by atoms with E-state index in [1.165, 1.54) is 38.5 Å². The Bertz CT molecular complexity index is 186. The average molecular weight is 211 g/mol. The van der Waals surface area contributed by atoms with Gasteiger partial charge in [-0.05, 0) is 36.5 Å². The van der Waals surface area contributed by atoms with E-state index in [0.29, 0.717) is 11.5 Å². The third-order valence-electron chi connectivity index (χ3n) is 4.38. The summed E-state index contributed by atoms with van der Waals surface area (Å²) in [5, 5.41) is 0. The van der Waals surface area contributed by atoms with Gasteiger partial charge in [0.25, 0.3) is 0 Å². The lowest BCUT2D eigenvalue weighted by Gasteiger charge is -2.40. The van der Waals surface area contributed by atoms with Gasteiger partial charge in [0.05, 0.1) is 0 Å². The van der Waals surface area contributed by atoms with E-state index in [1.807, 2.05) is 0 Å². The monoisotopic (exact) mass is 211 g/mol. The highest BCUT2D eigenvalue weighted by Gasteiger charge is 2.34. The summed E-state index contributed by atoms with van der Waals surface area (Å²) in [6.07, 6.45) is 7.99. The molecule has 0 amide bonds. The van der Waals surface area contributed by atoms with Crippen molar-refractivity contribution in [2.24, 2.45) is 23.0 Å². The fraction of sp³-hybridized carbons (Fsp3) is 1.00. The minimum atomic E-state index is 0.342. The van der Waals surface area contributed by atoms with Crippen LogP contribution >= 0.6 is 0 Å². The van der Waals surface area contributed by atoms with E-state index in [1.54, 1.807) is 0 Å². The smallest absolute Gasteiger partial charge is 0.0119 e. The molecule has 0 spiro atoms. The first-order chi connectivity index (χ1) is 6.97. The molecule has 90 valence electrons. The van der Waals surface area contributed by atoms with Crippen LogP contribution in [0.25, 0.3) is 0 Å². The molecule has 2 unspecified atom stereocenters. The van der Waals surface area contributed by atoms with Gasteiger partial charge in [-0.1, -0.05) is 47.0 Å². The Morgan fingerprint density at radius 1 is 1.20 bits per heavy atom. The van der Waals surface area contributed by atoms with Crippen molar-refractivity contribution in [1.82, 2.24) is 0 Å². The molecule has 1 heteroatoms. The molecular weight excluding hydrogens is 182 g/mol. The maximum Gasteiger partial charge on any atom is 0.0119 e. The first-order valence-corrected chi connectivity index (χ1v) is 6.73. The van der Waals surface area contributed by atoms with Gasteiger partial charge >= 0.3 is 0 Å². The van der Waals surface area contributed by atoms with Crippen molar-refractivity contribution in [2.75, 3.05) is 0 Å². The van der Waals surface area contributed by atoms with Crippen molar-refractivity contribution in [2.45, 2.75) is 72.3 Å². The second kappa shape index (κ2) is 5.34. The van der Waals surface area contributed by atoms with Crippen molar-refractivity contribution in [1.29, 1.82) is 0 Å². The molecule has 1 aliphatic rings. The van der Waals surface area contributed by atoms with E-state index in [0.717, 1.165) is 11.8 Å². The van der Waals surface area contributed by atoms with Gasteiger partial charge in [0.2, 0.25) is 0 Å². The molecule has 2 N–H and O–H groups in total. The molecule has 0 aliphatic heterocycles. The van der Waals surface area contributed by atoms with Crippen molar-refractivity contribution < 1.29 is 0 Å². The van der Waals surface area contributed by atoms with E-state index in [-0.39, 0.29) is 0 Å². The third kappa shape index (κ3) is 3.48. The molecule has 1 nitrogen and oxygen atoms in total. The van der Waals surface area contributed by atoms with Gasteiger partial charge in [-0.15, -0.1) is 0 Å². The summed E-state index contributed by atoms with van der Waals surface area (Å²) in [6.45, 7) is 9.40. The lowest BCUT2D eigenvalue weighted by Crippen LogP contribution is -2.44. The zero-order valence-corrected chi connectivity index (χ0v) is 11.1. The van der Waals surface area contributed by atoms with Gasteiger partial charge in [0.1, 0.15) is 0 Å². The molecule has 3 atom stereocenters. The first-order valence-electron chi connectivity index (χ1n) is 6.73. The maximum absolute atomic E-state index is 6.46. The molecule has 0 heterocycles. The van der Waals surface area contributed by atoms with Crippen LogP contribution in [0, 0.1) is 17.3 Å². The fourth-order valence-corrected chi connectivity index (χ4v) is 2.94. The van der Waals surface area contributed by atoms with Gasteiger partial charge in [-0.25, -0.2) is 0 Å². The predicted octanol–water partition coefficient (Wildman–Crippen LogP) is 3.97.